The van der Waals surface area contributed by atoms with Crippen LogP contribution in [0.4, 0.5) is 4.79 Å². The molecule has 3 heterocycles. The molecule has 3 aliphatic heterocycles. The highest BCUT2D eigenvalue weighted by Gasteiger charge is 2.57. The van der Waals surface area contributed by atoms with Crippen molar-refractivity contribution < 1.29 is 90.9 Å². The zero-order valence-corrected chi connectivity index (χ0v) is 52.0. The number of aliphatic hydroxyl groups excluding tert-OH is 1. The number of alkyl halides is 3. The van der Waals surface area contributed by atoms with Crippen LogP contribution >= 0.6 is 34.8 Å². The van der Waals surface area contributed by atoms with Gasteiger partial charge in [0, 0.05) is 13.8 Å². The molecule has 15 atom stereocenters. The lowest BCUT2D eigenvalue weighted by atomic mass is 9.94. The van der Waals surface area contributed by atoms with Gasteiger partial charge in [-0.3, -0.25) is 9.59 Å². The molecule has 3 saturated heterocycles. The third-order valence-electron chi connectivity index (χ3n) is 14.8. The van der Waals surface area contributed by atoms with Crippen LogP contribution in [0.15, 0.2) is 176 Å². The van der Waals surface area contributed by atoms with E-state index in [4.69, 9.17) is 101 Å². The number of rotatable bonds is 28. The Morgan fingerprint density at radius 1 is 0.467 bits per heavy atom. The van der Waals surface area contributed by atoms with E-state index in [1.54, 1.807) is 19.1 Å². The second-order valence-electron chi connectivity index (χ2n) is 21.8. The number of esters is 2. The molecule has 9 rings (SSSR count). The lowest BCUT2D eigenvalue weighted by Gasteiger charge is -2.51. The fourth-order valence-electron chi connectivity index (χ4n) is 10.6. The van der Waals surface area contributed by atoms with E-state index >= 15 is 0 Å². The highest BCUT2D eigenvalue weighted by molar-refractivity contribution is 6.67. The maximum Gasteiger partial charge on any atom is 0.407 e. The van der Waals surface area contributed by atoms with Crippen molar-refractivity contribution in [2.75, 3.05) is 19.8 Å². The van der Waals surface area contributed by atoms with Gasteiger partial charge in [0.05, 0.1) is 59.0 Å². The van der Waals surface area contributed by atoms with Crippen LogP contribution in [0.3, 0.4) is 0 Å². The maximum atomic E-state index is 13.8. The molecule has 3 aliphatic rings. The Kier molecular flexibility index (Phi) is 25.6. The molecule has 23 heteroatoms. The third kappa shape index (κ3) is 20.4. The van der Waals surface area contributed by atoms with E-state index < -0.39 is 120 Å². The van der Waals surface area contributed by atoms with Crippen LogP contribution < -0.4 is 5.32 Å². The number of nitrogens with one attached hydrogen (secondary N) is 1. The SMILES string of the molecule is CC(=O)O[C@H]1[C@H](OCc2ccccc2)[C@H](O[C@H]2[C@H](O[C@H]3[C@H](O)[C@@H](NC(=O)OCC(Cl)(Cl)Cl)[C@H](OCc4ccc(O)cc4)O[C@@H]3COCc3ccccc3)O[C@H](COCc3ccccc3)[C@H](OCc3ccccc3)[C@@H]2OCc2ccccc2)O[C@@H](C)[C@H]1OC(C)=O. The normalized spacial score (nSPS) is 26.9. The van der Waals surface area contributed by atoms with E-state index in [0.717, 1.165) is 27.8 Å². The minimum absolute atomic E-state index is 0.0177. The average Bonchev–Trinajstić information content (AvgIpc) is 0.816. The van der Waals surface area contributed by atoms with Gasteiger partial charge in [0.25, 0.3) is 0 Å². The summed E-state index contributed by atoms with van der Waals surface area (Å²) in [7, 11) is 0. The summed E-state index contributed by atoms with van der Waals surface area (Å²) in [5.74, 6) is -1.37. The van der Waals surface area contributed by atoms with Crippen molar-refractivity contribution >= 4 is 52.8 Å². The fraction of sp³-hybridized carbons (Fsp3) is 0.418. The van der Waals surface area contributed by atoms with Crippen molar-refractivity contribution in [1.29, 1.82) is 0 Å². The molecule has 1 amide bonds. The largest absolute Gasteiger partial charge is 0.508 e. The highest BCUT2D eigenvalue weighted by atomic mass is 35.6. The van der Waals surface area contributed by atoms with E-state index in [2.05, 4.69) is 5.32 Å². The summed E-state index contributed by atoms with van der Waals surface area (Å²) < 4.78 is 90.5. The van der Waals surface area contributed by atoms with Gasteiger partial charge in [0.1, 0.15) is 67.2 Å². The number of alkyl carbamates (subject to hydrolysis) is 1. The minimum Gasteiger partial charge on any atom is -0.508 e. The van der Waals surface area contributed by atoms with E-state index in [9.17, 15) is 24.6 Å². The van der Waals surface area contributed by atoms with Gasteiger partial charge >= 0.3 is 18.0 Å². The predicted octanol–water partition coefficient (Wildman–Crippen LogP) is 9.75. The Morgan fingerprint density at radius 3 is 1.36 bits per heavy atom. The Morgan fingerprint density at radius 2 is 0.867 bits per heavy atom. The van der Waals surface area contributed by atoms with Crippen LogP contribution in [0.2, 0.25) is 0 Å². The molecule has 0 bridgehead atoms. The standard InChI is InChI=1S/C67H74Cl3NO19/c1-42-56(85-43(2)72)60(86-44(3)73)61(81-37-49-27-17-8-18-28-49)64(84-42)90-62-59(80-36-48-25-15-7-16-26-48)58(79-35-47-23-13-6-14-24-47)53(40-78-34-46-21-11-5-12-22-46)88-65(62)89-57-52(39-77-33-45-19-9-4-10-20-45)87-63(82-38-50-29-31-51(74)32-30-50)54(55(57)75)71-66(76)83-41-67(68,69)70/h4-32,42,52-65,74-75H,33-41H2,1-3H3,(H,71,76)/t42-,52+,53+,54+,55+,56+,57+,58-,59-,60+,61-,62+,63+,64-,65-/m0/s1. The highest BCUT2D eigenvalue weighted by Crippen LogP contribution is 2.39. The third-order valence-corrected chi connectivity index (χ3v) is 15.2. The van der Waals surface area contributed by atoms with Crippen molar-refractivity contribution in [2.45, 2.75) is 156 Å². The van der Waals surface area contributed by atoms with Crippen molar-refractivity contribution in [1.82, 2.24) is 5.32 Å². The van der Waals surface area contributed by atoms with Crippen molar-refractivity contribution in [3.05, 3.63) is 209 Å². The first-order valence-electron chi connectivity index (χ1n) is 29.4. The Bertz CT molecular complexity index is 3110. The number of amides is 1. The Hall–Kier alpha value is -6.28. The van der Waals surface area contributed by atoms with Gasteiger partial charge in [0.2, 0.25) is 3.79 Å². The second-order valence-corrected chi connectivity index (χ2v) is 24.3. The summed E-state index contributed by atoms with van der Waals surface area (Å²) in [6.45, 7) is 3.12. The van der Waals surface area contributed by atoms with Crippen LogP contribution in [-0.4, -0.2) is 144 Å². The molecule has 90 heavy (non-hydrogen) atoms. The smallest absolute Gasteiger partial charge is 0.407 e. The number of phenolic OH excluding ortho intramolecular Hbond substituents is 1. The number of benzene rings is 6. The van der Waals surface area contributed by atoms with Crippen molar-refractivity contribution in [2.24, 2.45) is 0 Å². The zero-order chi connectivity index (χ0) is 63.4. The van der Waals surface area contributed by atoms with Crippen LogP contribution in [-0.2, 0) is 116 Å². The molecule has 3 fully saturated rings. The number of aliphatic hydroxyl groups is 1. The summed E-state index contributed by atoms with van der Waals surface area (Å²) in [5, 5.41) is 25.8. The fourth-order valence-corrected chi connectivity index (χ4v) is 10.7. The van der Waals surface area contributed by atoms with E-state index in [-0.39, 0.29) is 58.6 Å². The van der Waals surface area contributed by atoms with Gasteiger partial charge in [-0.05, 0) is 52.4 Å². The summed E-state index contributed by atoms with van der Waals surface area (Å²) in [6.07, 6.45) is -20.0. The summed E-state index contributed by atoms with van der Waals surface area (Å²) in [5.41, 5.74) is 4.60. The van der Waals surface area contributed by atoms with Crippen LogP contribution in [0, 0.1) is 0 Å². The number of halogens is 3. The van der Waals surface area contributed by atoms with Gasteiger partial charge in [-0.25, -0.2) is 4.79 Å². The first-order valence-corrected chi connectivity index (χ1v) is 30.6. The maximum absolute atomic E-state index is 13.8. The molecule has 3 N–H and O–H groups in total. The van der Waals surface area contributed by atoms with Crippen LogP contribution in [0.1, 0.15) is 54.2 Å². The van der Waals surface area contributed by atoms with E-state index in [0.29, 0.717) is 5.56 Å². The first-order chi connectivity index (χ1) is 43.5. The van der Waals surface area contributed by atoms with Gasteiger partial charge in [-0.15, -0.1) is 0 Å². The molecule has 0 unspecified atom stereocenters. The molecule has 0 spiro atoms. The number of ether oxygens (including phenoxy) is 14. The molecule has 6 aromatic carbocycles. The minimum atomic E-state index is -2.01. The Labute approximate surface area is 537 Å². The molecule has 482 valence electrons. The average molecular weight is 1300 g/mol. The van der Waals surface area contributed by atoms with Gasteiger partial charge < -0.3 is 81.8 Å². The number of carbonyl (C=O) groups is 3. The van der Waals surface area contributed by atoms with Crippen LogP contribution in [0.25, 0.3) is 0 Å². The monoisotopic (exact) mass is 1300 g/mol. The van der Waals surface area contributed by atoms with Crippen molar-refractivity contribution in [3.8, 4) is 5.75 Å². The summed E-state index contributed by atoms with van der Waals surface area (Å²) in [4.78, 5) is 39.8. The number of phenols is 1. The van der Waals surface area contributed by atoms with E-state index in [1.165, 1.54) is 26.0 Å². The van der Waals surface area contributed by atoms with Gasteiger partial charge in [-0.2, -0.15) is 0 Å². The molecule has 0 aliphatic carbocycles. The molecular formula is C67H74Cl3NO19. The number of carbonyl (C=O) groups excluding carboxylic acids is 3. The number of hydrogen-bond acceptors (Lipinski definition) is 19. The molecule has 0 radical (unpaired) electrons. The predicted molar refractivity (Wildman–Crippen MR) is 327 cm³/mol. The summed E-state index contributed by atoms with van der Waals surface area (Å²) in [6, 6.07) is 51.7. The quantitative estimate of drug-likeness (QED) is 0.0236. The molecular weight excluding hydrogens is 1230 g/mol. The Balaban J connectivity index is 1.16. The topological polar surface area (TPSA) is 233 Å². The van der Waals surface area contributed by atoms with Crippen molar-refractivity contribution in [3.63, 3.8) is 0 Å². The number of aromatic hydroxyl groups is 1. The van der Waals surface area contributed by atoms with Crippen LogP contribution in [0.5, 0.6) is 5.75 Å². The van der Waals surface area contributed by atoms with Gasteiger partial charge in [-0.1, -0.05) is 199 Å². The van der Waals surface area contributed by atoms with E-state index in [1.807, 2.05) is 152 Å². The second kappa shape index (κ2) is 33.9. The summed E-state index contributed by atoms with van der Waals surface area (Å²) >= 11 is 18.1. The molecule has 20 nitrogen and oxygen atoms in total. The zero-order valence-electron chi connectivity index (χ0n) is 49.7. The number of hydrogen-bond donors (Lipinski definition) is 3. The molecule has 6 aromatic rings. The first kappa shape index (κ1) is 68.1. The van der Waals surface area contributed by atoms with Gasteiger partial charge in [0.15, 0.2) is 31.1 Å². The lowest BCUT2D eigenvalue weighted by Crippen LogP contribution is -2.69. The molecule has 0 saturated carbocycles. The molecule has 0 aromatic heterocycles. The lowest BCUT2D eigenvalue weighted by molar-refractivity contribution is -0.392.